The van der Waals surface area contributed by atoms with Crippen molar-refractivity contribution in [3.63, 3.8) is 0 Å². The number of rotatable bonds is 5. The Morgan fingerprint density at radius 1 is 1.00 bits per heavy atom. The number of aliphatic imine (C=N–C) groups is 1. The lowest BCUT2D eigenvalue weighted by Crippen LogP contribution is -2.41. The largest absolute Gasteiger partial charge is 0.324 e. The summed E-state index contributed by atoms with van der Waals surface area (Å²) in [5.74, 6) is -2.20. The number of sulfone groups is 1. The van der Waals surface area contributed by atoms with E-state index in [1.807, 2.05) is 0 Å². The number of halogens is 2. The Morgan fingerprint density at radius 3 is 2.44 bits per heavy atom. The van der Waals surface area contributed by atoms with Gasteiger partial charge in [-0.25, -0.2) is 35.3 Å². The maximum absolute atomic E-state index is 15.0. The second-order valence-electron chi connectivity index (χ2n) is 7.89. The zero-order valence-electron chi connectivity index (χ0n) is 18.2. The Kier molecular flexibility index (Phi) is 6.17. The van der Waals surface area contributed by atoms with Gasteiger partial charge in [0.15, 0.2) is 9.84 Å². The van der Waals surface area contributed by atoms with Crippen molar-refractivity contribution in [3.8, 4) is 0 Å². The fourth-order valence-corrected chi connectivity index (χ4v) is 5.62. The van der Waals surface area contributed by atoms with Crippen molar-refractivity contribution in [1.82, 2.24) is 4.72 Å². The number of benzene rings is 3. The van der Waals surface area contributed by atoms with Crippen LogP contribution in [0.4, 0.5) is 14.5 Å². The van der Waals surface area contributed by atoms with Crippen molar-refractivity contribution in [2.45, 2.75) is 29.2 Å². The fourth-order valence-electron chi connectivity index (χ4n) is 3.77. The predicted octanol–water partition coefficient (Wildman–Crippen LogP) is 3.78. The number of nitrogens with zero attached hydrogens (tertiary/aromatic N) is 1. The van der Waals surface area contributed by atoms with Gasteiger partial charge in [0.05, 0.1) is 17.1 Å². The van der Waals surface area contributed by atoms with Gasteiger partial charge >= 0.3 is 0 Å². The highest BCUT2D eigenvalue weighted by molar-refractivity contribution is 7.90. The first-order valence-electron chi connectivity index (χ1n) is 10.2. The molecule has 3 aromatic rings. The minimum absolute atomic E-state index is 0.0144. The fraction of sp³-hybridized carbons (Fsp3) is 0.174. The van der Waals surface area contributed by atoms with E-state index >= 15 is 0 Å². The molecule has 0 spiro atoms. The van der Waals surface area contributed by atoms with Crippen LogP contribution in [0.3, 0.4) is 0 Å². The van der Waals surface area contributed by atoms with E-state index in [0.717, 1.165) is 18.4 Å². The van der Waals surface area contributed by atoms with E-state index in [1.165, 1.54) is 30.3 Å². The molecule has 1 atom stereocenters. The van der Waals surface area contributed by atoms with Gasteiger partial charge in [0.25, 0.3) is 10.0 Å². The van der Waals surface area contributed by atoms with Crippen LogP contribution >= 0.6 is 0 Å². The van der Waals surface area contributed by atoms with E-state index in [2.05, 4.69) is 15.0 Å². The van der Waals surface area contributed by atoms with E-state index in [0.29, 0.717) is 5.56 Å². The van der Waals surface area contributed by atoms with E-state index < -0.39 is 37.4 Å². The molecule has 2 N–H and O–H groups in total. The van der Waals surface area contributed by atoms with E-state index in [4.69, 9.17) is 0 Å². The molecule has 4 rings (SSSR count). The third-order valence-corrected chi connectivity index (χ3v) is 7.96. The molecule has 1 aliphatic heterocycles. The van der Waals surface area contributed by atoms with Crippen LogP contribution in [-0.4, -0.2) is 29.1 Å². The molecule has 34 heavy (non-hydrogen) atoms. The molecule has 178 valence electrons. The van der Waals surface area contributed by atoms with Crippen molar-refractivity contribution in [3.05, 3.63) is 89.0 Å². The molecule has 3 aromatic carbocycles. The first-order valence-corrected chi connectivity index (χ1v) is 13.5. The zero-order valence-corrected chi connectivity index (χ0v) is 19.8. The number of fused-ring (bicyclic) bond motifs is 1. The van der Waals surface area contributed by atoms with Gasteiger partial charge in [-0.3, -0.25) is 0 Å². The molecule has 0 amide bonds. The van der Waals surface area contributed by atoms with Gasteiger partial charge in [-0.2, -0.15) is 0 Å². The molecule has 1 aliphatic rings. The number of anilines is 1. The quantitative estimate of drug-likeness (QED) is 0.549. The normalized spacial score (nSPS) is 16.9. The van der Waals surface area contributed by atoms with Crippen LogP contribution in [0, 0.1) is 11.6 Å². The van der Waals surface area contributed by atoms with Crippen LogP contribution in [-0.2, 0) is 26.4 Å². The van der Waals surface area contributed by atoms with Crippen molar-refractivity contribution < 1.29 is 25.6 Å². The van der Waals surface area contributed by atoms with Crippen molar-refractivity contribution in [1.29, 1.82) is 0 Å². The maximum Gasteiger partial charge on any atom is 0.266 e. The minimum Gasteiger partial charge on any atom is -0.324 e. The molecule has 0 fully saturated rings. The Hall–Kier alpha value is -3.31. The van der Waals surface area contributed by atoms with Crippen LogP contribution < -0.4 is 10.0 Å². The molecule has 7 nitrogen and oxygen atoms in total. The number of guanidine groups is 1. The van der Waals surface area contributed by atoms with Crippen LogP contribution in [0.1, 0.15) is 29.5 Å². The third-order valence-electron chi connectivity index (χ3n) is 5.47. The summed E-state index contributed by atoms with van der Waals surface area (Å²) in [7, 11) is -7.52. The minimum atomic E-state index is -4.09. The Morgan fingerprint density at radius 2 is 1.74 bits per heavy atom. The van der Waals surface area contributed by atoms with Crippen molar-refractivity contribution >= 4 is 31.5 Å². The van der Waals surface area contributed by atoms with E-state index in [1.54, 1.807) is 25.1 Å². The lowest BCUT2D eigenvalue weighted by Gasteiger charge is -2.26. The summed E-state index contributed by atoms with van der Waals surface area (Å²) >= 11 is 0. The number of hydrogen-bond donors (Lipinski definition) is 2. The van der Waals surface area contributed by atoms with Gasteiger partial charge in [0, 0.05) is 17.7 Å². The summed E-state index contributed by atoms with van der Waals surface area (Å²) in [6.07, 6.45) is 1.08. The first-order chi connectivity index (χ1) is 16.0. The molecule has 0 saturated heterocycles. The van der Waals surface area contributed by atoms with Crippen LogP contribution in [0.15, 0.2) is 75.4 Å². The second kappa shape index (κ2) is 8.80. The molecular weight excluding hydrogens is 484 g/mol. The van der Waals surface area contributed by atoms with Crippen molar-refractivity contribution in [2.24, 2.45) is 4.99 Å². The number of hydrogen-bond acceptors (Lipinski definition) is 5. The first kappa shape index (κ1) is 23.8. The molecule has 1 unspecified atom stereocenters. The van der Waals surface area contributed by atoms with Crippen LogP contribution in [0.5, 0.6) is 0 Å². The average Bonchev–Trinajstić information content (AvgIpc) is 2.76. The molecule has 0 aliphatic carbocycles. The Labute approximate surface area is 196 Å². The standard InChI is InChI=1S/C23H21F2N3O4S2/c1-14(17-8-3-4-9-18(17)24)21-19(25)10-11-20-22(21)27-23(28-34(20,31)32)26-13-15-6-5-7-16(12-15)33(2,29)30/h3-12,14H,13H2,1-2H3,(H2,26,27,28). The molecule has 0 saturated carbocycles. The lowest BCUT2D eigenvalue weighted by molar-refractivity contribution is 0.577. The summed E-state index contributed by atoms with van der Waals surface area (Å²) in [5.41, 5.74) is 0.697. The van der Waals surface area contributed by atoms with Gasteiger partial charge < -0.3 is 5.32 Å². The zero-order chi connectivity index (χ0) is 24.7. The number of nitrogens with one attached hydrogen (secondary N) is 2. The topological polar surface area (TPSA) is 105 Å². The SMILES string of the molecule is CC(c1ccccc1F)c1c(F)ccc2c1NC(=NCc1cccc(S(C)(=O)=O)c1)NS2(=O)=O. The smallest absolute Gasteiger partial charge is 0.266 e. The van der Waals surface area contributed by atoms with Gasteiger partial charge in [-0.05, 0) is 41.5 Å². The molecule has 1 heterocycles. The molecular formula is C23H21F2N3O4S2. The molecule has 11 heteroatoms. The highest BCUT2D eigenvalue weighted by Crippen LogP contribution is 2.38. The summed E-state index contributed by atoms with van der Waals surface area (Å²) in [4.78, 5) is 4.13. The average molecular weight is 506 g/mol. The third kappa shape index (κ3) is 4.66. The maximum atomic E-state index is 15.0. The monoisotopic (exact) mass is 505 g/mol. The lowest BCUT2D eigenvalue weighted by atomic mass is 9.91. The number of sulfonamides is 1. The van der Waals surface area contributed by atoms with E-state index in [9.17, 15) is 25.6 Å². The van der Waals surface area contributed by atoms with Crippen molar-refractivity contribution in [2.75, 3.05) is 11.6 Å². The highest BCUT2D eigenvalue weighted by Gasteiger charge is 2.32. The predicted molar refractivity (Wildman–Crippen MR) is 125 cm³/mol. The van der Waals surface area contributed by atoms with Gasteiger partial charge in [0.2, 0.25) is 5.96 Å². The van der Waals surface area contributed by atoms with Gasteiger partial charge in [0.1, 0.15) is 16.5 Å². The second-order valence-corrected chi connectivity index (χ2v) is 11.6. The van der Waals surface area contributed by atoms with Gasteiger partial charge in [-0.1, -0.05) is 37.3 Å². The van der Waals surface area contributed by atoms with E-state index in [-0.39, 0.29) is 39.1 Å². The van der Waals surface area contributed by atoms with Crippen LogP contribution in [0.25, 0.3) is 0 Å². The summed E-state index contributed by atoms with van der Waals surface area (Å²) < 4.78 is 81.0. The van der Waals surface area contributed by atoms with Crippen LogP contribution in [0.2, 0.25) is 0 Å². The Bertz CT molecular complexity index is 1520. The molecule has 0 bridgehead atoms. The summed E-state index contributed by atoms with van der Waals surface area (Å²) in [6, 6.07) is 14.2. The summed E-state index contributed by atoms with van der Waals surface area (Å²) in [5, 5.41) is 2.83. The highest BCUT2D eigenvalue weighted by atomic mass is 32.2. The molecule has 0 aromatic heterocycles. The Balaban J connectivity index is 1.74. The molecule has 0 radical (unpaired) electrons. The van der Waals surface area contributed by atoms with Gasteiger partial charge in [-0.15, -0.1) is 0 Å². The summed E-state index contributed by atoms with van der Waals surface area (Å²) in [6.45, 7) is 1.54.